The first kappa shape index (κ1) is 14.3. The lowest BCUT2D eigenvalue weighted by Gasteiger charge is -2.15. The Kier molecular flexibility index (Phi) is 3.94. The Bertz CT molecular complexity index is 612. The summed E-state index contributed by atoms with van der Waals surface area (Å²) in [4.78, 5) is 4.04. The van der Waals surface area contributed by atoms with Crippen LogP contribution in [-0.2, 0) is 12.7 Å². The van der Waals surface area contributed by atoms with E-state index >= 15 is 0 Å². The van der Waals surface area contributed by atoms with Gasteiger partial charge in [-0.05, 0) is 19.1 Å². The van der Waals surface area contributed by atoms with Crippen molar-refractivity contribution in [1.82, 2.24) is 4.98 Å². The topological polar surface area (TPSA) is 48.1 Å². The van der Waals surface area contributed by atoms with Gasteiger partial charge in [0.15, 0.2) is 0 Å². The lowest BCUT2D eigenvalue weighted by Crippen LogP contribution is -2.08. The number of para-hydroxylation sites is 1. The zero-order valence-electron chi connectivity index (χ0n) is 10.7. The molecule has 0 unspecified atom stereocenters. The molecule has 1 aromatic heterocycles. The molecule has 0 fully saturated rings. The van der Waals surface area contributed by atoms with Crippen LogP contribution in [0.3, 0.4) is 0 Å². The van der Waals surface area contributed by atoms with E-state index in [2.05, 4.69) is 4.98 Å². The first-order chi connectivity index (χ1) is 9.41. The minimum Gasteiger partial charge on any atom is -0.456 e. The van der Waals surface area contributed by atoms with Crippen LogP contribution in [0.15, 0.2) is 36.5 Å². The van der Waals surface area contributed by atoms with E-state index < -0.39 is 11.7 Å². The summed E-state index contributed by atoms with van der Waals surface area (Å²) in [6.45, 7) is 1.86. The Balaban J connectivity index is 2.43. The Morgan fingerprint density at radius 3 is 2.55 bits per heavy atom. The number of halogens is 3. The molecule has 0 atom stereocenters. The average molecular weight is 282 g/mol. The van der Waals surface area contributed by atoms with Crippen LogP contribution in [0, 0.1) is 6.92 Å². The zero-order valence-corrected chi connectivity index (χ0v) is 10.7. The number of nitrogens with zero attached hydrogens (tertiary/aromatic N) is 1. The molecule has 0 saturated carbocycles. The summed E-state index contributed by atoms with van der Waals surface area (Å²) in [5, 5.41) is 0. The normalized spacial score (nSPS) is 11.4. The van der Waals surface area contributed by atoms with Crippen molar-refractivity contribution >= 4 is 0 Å². The third kappa shape index (κ3) is 3.08. The molecule has 20 heavy (non-hydrogen) atoms. The minimum atomic E-state index is -4.47. The number of nitrogens with two attached hydrogens (primary N) is 1. The molecular weight excluding hydrogens is 269 g/mol. The fraction of sp³-hybridized carbons (Fsp3) is 0.214. The van der Waals surface area contributed by atoms with Crippen LogP contribution >= 0.6 is 0 Å². The highest BCUT2D eigenvalue weighted by atomic mass is 19.4. The first-order valence-electron chi connectivity index (χ1n) is 5.91. The van der Waals surface area contributed by atoms with Gasteiger partial charge in [-0.2, -0.15) is 13.2 Å². The van der Waals surface area contributed by atoms with Gasteiger partial charge in [0.05, 0.1) is 5.56 Å². The molecule has 0 amide bonds. The molecule has 2 N–H and O–H groups in total. The predicted molar refractivity (Wildman–Crippen MR) is 68.4 cm³/mol. The lowest BCUT2D eigenvalue weighted by atomic mass is 10.2. The number of alkyl halides is 3. The Morgan fingerprint density at radius 1 is 1.20 bits per heavy atom. The van der Waals surface area contributed by atoms with Crippen LogP contribution in [0.5, 0.6) is 11.5 Å². The van der Waals surface area contributed by atoms with E-state index in [4.69, 9.17) is 10.5 Å². The molecule has 6 heteroatoms. The van der Waals surface area contributed by atoms with Crippen LogP contribution in [0.25, 0.3) is 0 Å². The number of benzene rings is 1. The number of pyridine rings is 1. The molecule has 0 aliphatic heterocycles. The van der Waals surface area contributed by atoms with E-state index in [1.165, 1.54) is 24.4 Å². The molecule has 106 valence electrons. The maximum Gasteiger partial charge on any atom is 0.419 e. The number of hydrogen-bond donors (Lipinski definition) is 1. The van der Waals surface area contributed by atoms with Gasteiger partial charge in [-0.1, -0.05) is 12.1 Å². The molecule has 1 heterocycles. The third-order valence-corrected chi connectivity index (χ3v) is 2.71. The molecule has 0 radical (unpaired) electrons. The maximum absolute atomic E-state index is 12.9. The molecule has 2 rings (SSSR count). The molecule has 0 aliphatic carbocycles. The molecular formula is C14H13F3N2O. The first-order valence-corrected chi connectivity index (χ1v) is 5.91. The van der Waals surface area contributed by atoms with Crippen molar-refractivity contribution in [2.24, 2.45) is 5.73 Å². The summed E-state index contributed by atoms with van der Waals surface area (Å²) in [6.07, 6.45) is -2.97. The van der Waals surface area contributed by atoms with Gasteiger partial charge in [0, 0.05) is 30.1 Å². The van der Waals surface area contributed by atoms with Crippen LogP contribution < -0.4 is 10.5 Å². The average Bonchev–Trinajstić information content (AvgIpc) is 2.38. The lowest BCUT2D eigenvalue weighted by molar-refractivity contribution is -0.138. The molecule has 0 saturated heterocycles. The maximum atomic E-state index is 12.9. The van der Waals surface area contributed by atoms with Crippen LogP contribution in [0.4, 0.5) is 13.2 Å². The summed E-state index contributed by atoms with van der Waals surface area (Å²) in [5.74, 6) is 0.0389. The number of rotatable bonds is 3. The number of aromatic nitrogens is 1. The second-order valence-electron chi connectivity index (χ2n) is 4.23. The number of aryl methyl sites for hydroxylation is 1. The van der Waals surface area contributed by atoms with E-state index in [9.17, 15) is 13.2 Å². The van der Waals surface area contributed by atoms with Crippen LogP contribution in [0.2, 0.25) is 0 Å². The van der Waals surface area contributed by atoms with Crippen molar-refractivity contribution in [2.75, 3.05) is 0 Å². The van der Waals surface area contributed by atoms with Gasteiger partial charge in [0.2, 0.25) is 0 Å². The summed E-state index contributed by atoms with van der Waals surface area (Å²) >= 11 is 0. The van der Waals surface area contributed by atoms with Gasteiger partial charge in [-0.15, -0.1) is 0 Å². The largest absolute Gasteiger partial charge is 0.456 e. The van der Waals surface area contributed by atoms with Gasteiger partial charge in [0.25, 0.3) is 0 Å². The SMILES string of the molecule is Cc1cc(Oc2ccccc2C(F)(F)F)c(CN)cn1. The van der Waals surface area contributed by atoms with Crippen molar-refractivity contribution in [1.29, 1.82) is 0 Å². The fourth-order valence-corrected chi connectivity index (χ4v) is 1.72. The molecule has 3 nitrogen and oxygen atoms in total. The van der Waals surface area contributed by atoms with Gasteiger partial charge >= 0.3 is 6.18 Å². The van der Waals surface area contributed by atoms with Gasteiger partial charge in [-0.25, -0.2) is 0 Å². The predicted octanol–water partition coefficient (Wildman–Crippen LogP) is 3.66. The standard InChI is InChI=1S/C14H13F3N2O/c1-9-6-13(10(7-18)8-19-9)20-12-5-3-2-4-11(12)14(15,16)17/h2-6,8H,7,18H2,1H3. The second-order valence-corrected chi connectivity index (χ2v) is 4.23. The van der Waals surface area contributed by atoms with E-state index in [0.717, 1.165) is 6.07 Å². The summed E-state index contributed by atoms with van der Waals surface area (Å²) in [5.41, 5.74) is 5.90. The monoisotopic (exact) mass is 282 g/mol. The second kappa shape index (κ2) is 5.50. The van der Waals surface area contributed by atoms with E-state index in [1.807, 2.05) is 0 Å². The van der Waals surface area contributed by atoms with Gasteiger partial charge in [-0.3, -0.25) is 4.98 Å². The molecule has 0 aliphatic rings. The van der Waals surface area contributed by atoms with Crippen molar-refractivity contribution in [2.45, 2.75) is 19.6 Å². The summed E-state index contributed by atoms with van der Waals surface area (Å²) in [6, 6.07) is 6.62. The zero-order chi connectivity index (χ0) is 14.8. The summed E-state index contributed by atoms with van der Waals surface area (Å²) < 4.78 is 44.1. The fourth-order valence-electron chi connectivity index (χ4n) is 1.72. The Morgan fingerprint density at radius 2 is 1.90 bits per heavy atom. The van der Waals surface area contributed by atoms with E-state index in [-0.39, 0.29) is 18.0 Å². The third-order valence-electron chi connectivity index (χ3n) is 2.71. The number of ether oxygens (including phenoxy) is 1. The quantitative estimate of drug-likeness (QED) is 0.934. The summed E-state index contributed by atoms with van der Waals surface area (Å²) in [7, 11) is 0. The van der Waals surface area contributed by atoms with Gasteiger partial charge in [0.1, 0.15) is 11.5 Å². The number of hydrogen-bond acceptors (Lipinski definition) is 3. The van der Waals surface area contributed by atoms with E-state index in [0.29, 0.717) is 11.3 Å². The molecule has 0 spiro atoms. The minimum absolute atomic E-state index is 0.136. The van der Waals surface area contributed by atoms with Crippen LogP contribution in [0.1, 0.15) is 16.8 Å². The van der Waals surface area contributed by atoms with Crippen molar-refractivity contribution in [3.8, 4) is 11.5 Å². The molecule has 0 bridgehead atoms. The molecule has 1 aromatic carbocycles. The van der Waals surface area contributed by atoms with Crippen molar-refractivity contribution in [3.63, 3.8) is 0 Å². The Hall–Kier alpha value is -2.08. The molecule has 2 aromatic rings. The highest BCUT2D eigenvalue weighted by molar-refractivity contribution is 5.42. The van der Waals surface area contributed by atoms with Gasteiger partial charge < -0.3 is 10.5 Å². The van der Waals surface area contributed by atoms with Crippen LogP contribution in [-0.4, -0.2) is 4.98 Å². The van der Waals surface area contributed by atoms with Crippen molar-refractivity contribution < 1.29 is 17.9 Å². The van der Waals surface area contributed by atoms with E-state index in [1.54, 1.807) is 13.0 Å². The highest BCUT2D eigenvalue weighted by Crippen LogP contribution is 2.38. The highest BCUT2D eigenvalue weighted by Gasteiger charge is 2.34. The Labute approximate surface area is 114 Å². The smallest absolute Gasteiger partial charge is 0.419 e. The van der Waals surface area contributed by atoms with Crippen molar-refractivity contribution in [3.05, 3.63) is 53.3 Å².